The van der Waals surface area contributed by atoms with Crippen molar-refractivity contribution in [3.63, 3.8) is 0 Å². The molecule has 0 aliphatic rings. The molecule has 1 atom stereocenters. The molecule has 0 fully saturated rings. The number of Topliss-reactive ketones (excluding diaryl/α,β-unsaturated/α-hetero) is 1. The van der Waals surface area contributed by atoms with Crippen LogP contribution in [0, 0.1) is 19.7 Å². The van der Waals surface area contributed by atoms with Crippen LogP contribution in [-0.4, -0.2) is 21.0 Å². The van der Waals surface area contributed by atoms with Crippen molar-refractivity contribution in [1.29, 1.82) is 0 Å². The lowest BCUT2D eigenvalue weighted by molar-refractivity contribution is 0.0994. The highest BCUT2D eigenvalue weighted by Gasteiger charge is 2.17. The van der Waals surface area contributed by atoms with Gasteiger partial charge in [0, 0.05) is 10.4 Å². The van der Waals surface area contributed by atoms with E-state index >= 15 is 0 Å². The van der Waals surface area contributed by atoms with E-state index in [0.717, 1.165) is 15.3 Å². The average molecular weight is 376 g/mol. The number of fused-ring (bicyclic) bond motifs is 1. The molecule has 2 heterocycles. The summed E-state index contributed by atoms with van der Waals surface area (Å²) in [5.74, 6) is 0.544. The summed E-state index contributed by atoms with van der Waals surface area (Å²) in [6.07, 6.45) is 0. The Labute approximate surface area is 152 Å². The highest BCUT2D eigenvalue weighted by molar-refractivity contribution is 7.99. The number of aromatic nitrogens is 2. The maximum Gasteiger partial charge on any atom is 0.259 e. The molecule has 0 radical (unpaired) electrons. The normalized spacial score (nSPS) is 12.5. The van der Waals surface area contributed by atoms with Crippen molar-refractivity contribution in [3.05, 3.63) is 62.3 Å². The third kappa shape index (κ3) is 3.67. The van der Waals surface area contributed by atoms with Gasteiger partial charge in [0.05, 0.1) is 16.4 Å². The van der Waals surface area contributed by atoms with Crippen LogP contribution >= 0.6 is 23.1 Å². The Morgan fingerprint density at radius 2 is 2.00 bits per heavy atom. The third-order valence-electron chi connectivity index (χ3n) is 4.06. The van der Waals surface area contributed by atoms with Gasteiger partial charge < -0.3 is 4.98 Å². The molecule has 0 aliphatic carbocycles. The van der Waals surface area contributed by atoms with Crippen molar-refractivity contribution in [3.8, 4) is 0 Å². The molecule has 3 aromatic rings. The maximum absolute atomic E-state index is 13.0. The molecule has 3 rings (SSSR count). The van der Waals surface area contributed by atoms with E-state index in [1.54, 1.807) is 6.92 Å². The smallest absolute Gasteiger partial charge is 0.259 e. The number of rotatable bonds is 5. The number of aryl methyl sites for hydroxylation is 2. The van der Waals surface area contributed by atoms with Gasteiger partial charge in [-0.25, -0.2) is 9.37 Å². The quantitative estimate of drug-likeness (QED) is 0.677. The number of thiophene rings is 1. The van der Waals surface area contributed by atoms with Crippen molar-refractivity contribution in [2.24, 2.45) is 0 Å². The summed E-state index contributed by atoms with van der Waals surface area (Å²) in [6, 6.07) is 5.52. The van der Waals surface area contributed by atoms with E-state index in [1.807, 2.05) is 13.8 Å². The fourth-order valence-electron chi connectivity index (χ4n) is 2.50. The Bertz CT molecular complexity index is 993. The fourth-order valence-corrected chi connectivity index (χ4v) is 4.38. The first kappa shape index (κ1) is 17.8. The first-order chi connectivity index (χ1) is 11.9. The highest BCUT2D eigenvalue weighted by Crippen LogP contribution is 2.27. The van der Waals surface area contributed by atoms with Crippen LogP contribution in [0.5, 0.6) is 0 Å². The topological polar surface area (TPSA) is 62.8 Å². The van der Waals surface area contributed by atoms with Crippen LogP contribution in [-0.2, 0) is 5.75 Å². The van der Waals surface area contributed by atoms with Gasteiger partial charge in [-0.05, 0) is 50.6 Å². The molecule has 7 heteroatoms. The number of halogens is 1. The van der Waals surface area contributed by atoms with Crippen LogP contribution in [0.3, 0.4) is 0 Å². The Hall–Kier alpha value is -1.99. The minimum Gasteiger partial charge on any atom is -0.309 e. The Balaban J connectivity index is 1.74. The molecule has 130 valence electrons. The number of carbonyl (C=O) groups excluding carboxylic acids is 1. The van der Waals surface area contributed by atoms with E-state index in [1.165, 1.54) is 47.4 Å². The lowest BCUT2D eigenvalue weighted by Crippen LogP contribution is -2.15. The molecule has 4 nitrogen and oxygen atoms in total. The van der Waals surface area contributed by atoms with Crippen molar-refractivity contribution in [2.45, 2.75) is 31.8 Å². The third-order valence-corrected chi connectivity index (χ3v) is 6.31. The van der Waals surface area contributed by atoms with E-state index in [4.69, 9.17) is 0 Å². The maximum atomic E-state index is 13.0. The molecule has 2 aromatic heterocycles. The summed E-state index contributed by atoms with van der Waals surface area (Å²) in [5, 5.41) is 0.324. The average Bonchev–Trinajstić information content (AvgIpc) is 2.87. The summed E-state index contributed by atoms with van der Waals surface area (Å²) in [5.41, 5.74) is 1.30. The Morgan fingerprint density at radius 1 is 1.32 bits per heavy atom. The van der Waals surface area contributed by atoms with E-state index in [-0.39, 0.29) is 22.4 Å². The number of benzene rings is 1. The lowest BCUT2D eigenvalue weighted by atomic mass is 10.1. The largest absolute Gasteiger partial charge is 0.309 e. The van der Waals surface area contributed by atoms with Crippen molar-refractivity contribution >= 4 is 39.1 Å². The fraction of sp³-hybridized carbons (Fsp3) is 0.278. The second-order valence-electron chi connectivity index (χ2n) is 5.80. The minimum atomic E-state index is -0.367. The molecular weight excluding hydrogens is 359 g/mol. The monoisotopic (exact) mass is 376 g/mol. The van der Waals surface area contributed by atoms with Gasteiger partial charge in [0.15, 0.2) is 5.78 Å². The summed E-state index contributed by atoms with van der Waals surface area (Å²) in [4.78, 5) is 33.8. The van der Waals surface area contributed by atoms with E-state index in [9.17, 15) is 14.0 Å². The van der Waals surface area contributed by atoms with Crippen LogP contribution in [0.1, 0.15) is 33.5 Å². The summed E-state index contributed by atoms with van der Waals surface area (Å²) in [6.45, 7) is 5.69. The van der Waals surface area contributed by atoms with E-state index < -0.39 is 0 Å². The number of hydrogen-bond acceptors (Lipinski definition) is 5. The van der Waals surface area contributed by atoms with Gasteiger partial charge in [-0.15, -0.1) is 23.1 Å². The van der Waals surface area contributed by atoms with Crippen LogP contribution in [0.2, 0.25) is 0 Å². The van der Waals surface area contributed by atoms with Crippen LogP contribution < -0.4 is 5.56 Å². The van der Waals surface area contributed by atoms with Gasteiger partial charge in [0.1, 0.15) is 16.5 Å². The van der Waals surface area contributed by atoms with Gasteiger partial charge >= 0.3 is 0 Å². The van der Waals surface area contributed by atoms with Crippen LogP contribution in [0.15, 0.2) is 29.1 Å². The second kappa shape index (κ2) is 7.09. The predicted molar refractivity (Wildman–Crippen MR) is 101 cm³/mol. The molecule has 1 N–H and O–H groups in total. The van der Waals surface area contributed by atoms with Crippen molar-refractivity contribution < 1.29 is 9.18 Å². The molecule has 0 spiro atoms. The molecular formula is C18H17FN2O2S2. The molecule has 0 saturated carbocycles. The zero-order chi connectivity index (χ0) is 18.1. The summed E-state index contributed by atoms with van der Waals surface area (Å²) < 4.78 is 13.0. The highest BCUT2D eigenvalue weighted by atomic mass is 32.2. The first-order valence-electron chi connectivity index (χ1n) is 7.77. The van der Waals surface area contributed by atoms with E-state index in [0.29, 0.717) is 22.5 Å². The number of ketones is 1. The second-order valence-corrected chi connectivity index (χ2v) is 8.33. The Morgan fingerprint density at radius 3 is 2.68 bits per heavy atom. The van der Waals surface area contributed by atoms with E-state index in [2.05, 4.69) is 9.97 Å². The number of hydrogen-bond donors (Lipinski definition) is 1. The summed E-state index contributed by atoms with van der Waals surface area (Å²) >= 11 is 2.90. The molecule has 0 aliphatic heterocycles. The van der Waals surface area contributed by atoms with Crippen LogP contribution in [0.4, 0.5) is 4.39 Å². The zero-order valence-corrected chi connectivity index (χ0v) is 15.7. The number of nitrogens with zero attached hydrogens (tertiary/aromatic N) is 1. The Kier molecular flexibility index (Phi) is 5.06. The standard InChI is InChI=1S/C18H17FN2O2S2/c1-9-10(2)25-18-15(9)17(23)20-14(21-18)8-24-11(3)16(22)12-4-6-13(19)7-5-12/h4-7,11H,8H2,1-3H3,(H,20,21,23)/t11-/m1/s1. The summed E-state index contributed by atoms with van der Waals surface area (Å²) in [7, 11) is 0. The molecule has 0 saturated heterocycles. The predicted octanol–water partition coefficient (Wildman–Crippen LogP) is 4.25. The van der Waals surface area contributed by atoms with Crippen molar-refractivity contribution in [2.75, 3.05) is 0 Å². The molecule has 0 bridgehead atoms. The number of thioether (sulfide) groups is 1. The number of H-pyrrole nitrogens is 1. The lowest BCUT2D eigenvalue weighted by Gasteiger charge is -2.10. The molecule has 25 heavy (non-hydrogen) atoms. The number of nitrogens with one attached hydrogen (secondary N) is 1. The SMILES string of the molecule is Cc1sc2nc(CS[C@H](C)C(=O)c3ccc(F)cc3)[nH]c(=O)c2c1C. The van der Waals surface area contributed by atoms with Gasteiger partial charge in [-0.1, -0.05) is 0 Å². The van der Waals surface area contributed by atoms with Gasteiger partial charge in [0.25, 0.3) is 5.56 Å². The van der Waals surface area contributed by atoms with Gasteiger partial charge in [-0.2, -0.15) is 0 Å². The first-order valence-corrected chi connectivity index (χ1v) is 9.63. The molecule has 1 aromatic carbocycles. The minimum absolute atomic E-state index is 0.0729. The van der Waals surface area contributed by atoms with Crippen molar-refractivity contribution in [1.82, 2.24) is 9.97 Å². The van der Waals surface area contributed by atoms with Gasteiger partial charge in [-0.3, -0.25) is 9.59 Å². The molecule has 0 amide bonds. The van der Waals surface area contributed by atoms with Crippen LogP contribution in [0.25, 0.3) is 10.2 Å². The molecule has 0 unspecified atom stereocenters. The van der Waals surface area contributed by atoms with Gasteiger partial charge in [0.2, 0.25) is 0 Å². The zero-order valence-electron chi connectivity index (χ0n) is 14.1. The number of carbonyl (C=O) groups is 1. The number of aromatic amines is 1.